The summed E-state index contributed by atoms with van der Waals surface area (Å²) in [5.41, 5.74) is 5.58. The second kappa shape index (κ2) is 5.43. The molecule has 4 heteroatoms. The van der Waals surface area contributed by atoms with E-state index in [-0.39, 0.29) is 0 Å². The highest BCUT2D eigenvalue weighted by atomic mass is 16.3. The smallest absolute Gasteiger partial charge is 0.118 e. The summed E-state index contributed by atoms with van der Waals surface area (Å²) in [6.07, 6.45) is 4.01. The Morgan fingerprint density at radius 3 is 2.83 bits per heavy atom. The van der Waals surface area contributed by atoms with Crippen LogP contribution in [0, 0.1) is 0 Å². The monoisotopic (exact) mass is 249 g/mol. The van der Waals surface area contributed by atoms with Crippen molar-refractivity contribution in [2.75, 3.05) is 26.2 Å². The lowest BCUT2D eigenvalue weighted by Gasteiger charge is -2.24. The average Bonchev–Trinajstić information content (AvgIpc) is 2.96. The van der Waals surface area contributed by atoms with Gasteiger partial charge in [-0.05, 0) is 51.0 Å². The second-order valence-electron chi connectivity index (χ2n) is 5.49. The Kier molecular flexibility index (Phi) is 3.68. The molecule has 3 heterocycles. The fourth-order valence-corrected chi connectivity index (χ4v) is 3.26. The standard InChI is InChI=1S/C14H23N3O/c15-9-13-4-5-14(18-13)11-16-6-2-8-17-7-1-3-12(17)10-16/h4-5,12H,1-3,6-11,15H2. The maximum Gasteiger partial charge on any atom is 0.118 e. The van der Waals surface area contributed by atoms with Crippen LogP contribution in [-0.4, -0.2) is 42.0 Å². The molecule has 2 fully saturated rings. The summed E-state index contributed by atoms with van der Waals surface area (Å²) in [5.74, 6) is 1.95. The van der Waals surface area contributed by atoms with E-state index in [9.17, 15) is 0 Å². The topological polar surface area (TPSA) is 45.6 Å². The van der Waals surface area contributed by atoms with Crippen LogP contribution in [0.5, 0.6) is 0 Å². The quantitative estimate of drug-likeness (QED) is 0.880. The van der Waals surface area contributed by atoms with Crippen LogP contribution in [0.2, 0.25) is 0 Å². The van der Waals surface area contributed by atoms with Gasteiger partial charge in [0.25, 0.3) is 0 Å². The number of nitrogens with two attached hydrogens (primary N) is 1. The largest absolute Gasteiger partial charge is 0.463 e. The molecule has 2 saturated heterocycles. The van der Waals surface area contributed by atoms with Crippen molar-refractivity contribution < 1.29 is 4.42 Å². The first-order valence-electron chi connectivity index (χ1n) is 7.09. The van der Waals surface area contributed by atoms with Gasteiger partial charge in [-0.15, -0.1) is 0 Å². The summed E-state index contributed by atoms with van der Waals surface area (Å²) >= 11 is 0. The van der Waals surface area contributed by atoms with Crippen LogP contribution in [0.4, 0.5) is 0 Å². The normalized spacial score (nSPS) is 26.2. The Labute approximate surface area is 109 Å². The van der Waals surface area contributed by atoms with Crippen LogP contribution in [0.25, 0.3) is 0 Å². The van der Waals surface area contributed by atoms with Gasteiger partial charge in [0.15, 0.2) is 0 Å². The molecule has 1 atom stereocenters. The molecule has 2 N–H and O–H groups in total. The minimum absolute atomic E-state index is 0.496. The van der Waals surface area contributed by atoms with Crippen molar-refractivity contribution in [3.05, 3.63) is 23.7 Å². The SMILES string of the molecule is NCc1ccc(CN2CCCN3CCCC3C2)o1. The third kappa shape index (κ3) is 2.60. The van der Waals surface area contributed by atoms with E-state index in [1.165, 1.54) is 45.4 Å². The fraction of sp³-hybridized carbons (Fsp3) is 0.714. The predicted molar refractivity (Wildman–Crippen MR) is 71.1 cm³/mol. The molecule has 4 nitrogen and oxygen atoms in total. The lowest BCUT2D eigenvalue weighted by molar-refractivity contribution is 0.204. The zero-order valence-electron chi connectivity index (χ0n) is 11.0. The van der Waals surface area contributed by atoms with E-state index in [1.54, 1.807) is 0 Å². The minimum Gasteiger partial charge on any atom is -0.463 e. The Morgan fingerprint density at radius 1 is 1.17 bits per heavy atom. The fourth-order valence-electron chi connectivity index (χ4n) is 3.26. The van der Waals surface area contributed by atoms with Crippen LogP contribution in [-0.2, 0) is 13.1 Å². The highest BCUT2D eigenvalue weighted by Crippen LogP contribution is 2.22. The van der Waals surface area contributed by atoms with Gasteiger partial charge in [0.1, 0.15) is 11.5 Å². The van der Waals surface area contributed by atoms with Crippen molar-refractivity contribution in [1.82, 2.24) is 9.80 Å². The van der Waals surface area contributed by atoms with Gasteiger partial charge in [-0.1, -0.05) is 0 Å². The van der Waals surface area contributed by atoms with E-state index in [1.807, 2.05) is 6.07 Å². The van der Waals surface area contributed by atoms with Crippen molar-refractivity contribution in [1.29, 1.82) is 0 Å². The highest BCUT2D eigenvalue weighted by molar-refractivity contribution is 5.07. The maximum absolute atomic E-state index is 5.71. The molecule has 0 amide bonds. The number of fused-ring (bicyclic) bond motifs is 1. The summed E-state index contributed by atoms with van der Waals surface area (Å²) in [6.45, 7) is 6.38. The molecule has 3 rings (SSSR count). The molecular weight excluding hydrogens is 226 g/mol. The zero-order chi connectivity index (χ0) is 12.4. The number of hydrogen-bond donors (Lipinski definition) is 1. The van der Waals surface area contributed by atoms with Crippen molar-refractivity contribution >= 4 is 0 Å². The van der Waals surface area contributed by atoms with Crippen molar-refractivity contribution in [2.24, 2.45) is 5.73 Å². The third-order valence-electron chi connectivity index (χ3n) is 4.19. The number of rotatable bonds is 3. The molecule has 0 aromatic carbocycles. The summed E-state index contributed by atoms with van der Waals surface area (Å²) in [4.78, 5) is 5.20. The van der Waals surface area contributed by atoms with Crippen molar-refractivity contribution in [3.63, 3.8) is 0 Å². The molecule has 100 valence electrons. The Balaban J connectivity index is 1.61. The van der Waals surface area contributed by atoms with Gasteiger partial charge in [0, 0.05) is 12.6 Å². The van der Waals surface area contributed by atoms with E-state index in [0.29, 0.717) is 6.54 Å². The van der Waals surface area contributed by atoms with Crippen LogP contribution >= 0.6 is 0 Å². The Hall–Kier alpha value is -0.840. The van der Waals surface area contributed by atoms with Gasteiger partial charge in [-0.2, -0.15) is 0 Å². The lowest BCUT2D eigenvalue weighted by atomic mass is 10.2. The summed E-state index contributed by atoms with van der Waals surface area (Å²) in [5, 5.41) is 0. The van der Waals surface area contributed by atoms with Crippen LogP contribution in [0.3, 0.4) is 0 Å². The van der Waals surface area contributed by atoms with Gasteiger partial charge in [0.2, 0.25) is 0 Å². The van der Waals surface area contributed by atoms with E-state index in [0.717, 1.165) is 24.1 Å². The second-order valence-corrected chi connectivity index (χ2v) is 5.49. The van der Waals surface area contributed by atoms with Gasteiger partial charge < -0.3 is 10.2 Å². The van der Waals surface area contributed by atoms with Crippen LogP contribution < -0.4 is 5.73 Å². The predicted octanol–water partition coefficient (Wildman–Crippen LogP) is 1.41. The highest BCUT2D eigenvalue weighted by Gasteiger charge is 2.28. The number of hydrogen-bond acceptors (Lipinski definition) is 4. The molecule has 2 aliphatic heterocycles. The van der Waals surface area contributed by atoms with Crippen LogP contribution in [0.15, 0.2) is 16.5 Å². The average molecular weight is 249 g/mol. The van der Waals surface area contributed by atoms with E-state index >= 15 is 0 Å². The van der Waals surface area contributed by atoms with Gasteiger partial charge in [-0.3, -0.25) is 9.80 Å². The first-order valence-corrected chi connectivity index (χ1v) is 7.09. The third-order valence-corrected chi connectivity index (χ3v) is 4.19. The molecule has 0 radical (unpaired) electrons. The summed E-state index contributed by atoms with van der Waals surface area (Å²) < 4.78 is 5.71. The zero-order valence-corrected chi connectivity index (χ0v) is 11.0. The van der Waals surface area contributed by atoms with E-state index in [4.69, 9.17) is 10.2 Å². The van der Waals surface area contributed by atoms with Crippen molar-refractivity contribution in [2.45, 2.75) is 38.4 Å². The molecule has 0 spiro atoms. The Bertz CT molecular complexity index is 390. The molecule has 0 bridgehead atoms. The lowest BCUT2D eigenvalue weighted by Crippen LogP contribution is -2.36. The van der Waals surface area contributed by atoms with E-state index in [2.05, 4.69) is 15.9 Å². The molecule has 2 aliphatic rings. The van der Waals surface area contributed by atoms with Gasteiger partial charge >= 0.3 is 0 Å². The number of furan rings is 1. The first-order chi connectivity index (χ1) is 8.85. The summed E-state index contributed by atoms with van der Waals surface area (Å²) in [7, 11) is 0. The summed E-state index contributed by atoms with van der Waals surface area (Å²) in [6, 6.07) is 4.84. The molecule has 1 aromatic heterocycles. The van der Waals surface area contributed by atoms with Gasteiger partial charge in [-0.25, -0.2) is 0 Å². The molecular formula is C14H23N3O. The molecule has 18 heavy (non-hydrogen) atoms. The van der Waals surface area contributed by atoms with E-state index < -0.39 is 0 Å². The molecule has 0 saturated carbocycles. The number of nitrogens with zero attached hydrogens (tertiary/aromatic N) is 2. The molecule has 1 aromatic rings. The van der Waals surface area contributed by atoms with Crippen molar-refractivity contribution in [3.8, 4) is 0 Å². The maximum atomic E-state index is 5.71. The minimum atomic E-state index is 0.496. The first kappa shape index (κ1) is 12.2. The van der Waals surface area contributed by atoms with Gasteiger partial charge in [0.05, 0.1) is 13.1 Å². The van der Waals surface area contributed by atoms with Crippen LogP contribution in [0.1, 0.15) is 30.8 Å². The molecule has 0 aliphatic carbocycles. The molecule has 1 unspecified atom stereocenters. The Morgan fingerprint density at radius 2 is 2.00 bits per heavy atom.